The predicted octanol–water partition coefficient (Wildman–Crippen LogP) is 2.64. The number of pyridine rings is 1. The Bertz CT molecular complexity index is 748. The van der Waals surface area contributed by atoms with E-state index < -0.39 is 0 Å². The molecule has 2 aliphatic heterocycles. The van der Waals surface area contributed by atoms with Crippen LogP contribution in [-0.2, 0) is 9.47 Å². The van der Waals surface area contributed by atoms with E-state index in [0.29, 0.717) is 25.3 Å². The molecule has 24 heavy (non-hydrogen) atoms. The number of nitrogens with zero attached hydrogens (tertiary/aromatic N) is 2. The molecule has 0 unspecified atom stereocenters. The van der Waals surface area contributed by atoms with Crippen molar-refractivity contribution >= 4 is 16.8 Å². The monoisotopic (exact) mass is 326 g/mol. The van der Waals surface area contributed by atoms with Gasteiger partial charge >= 0.3 is 0 Å². The molecule has 2 aromatic rings. The van der Waals surface area contributed by atoms with Crippen LogP contribution in [0.4, 0.5) is 0 Å². The first-order chi connectivity index (χ1) is 11.7. The Morgan fingerprint density at radius 3 is 3.04 bits per heavy atom. The second-order valence-electron chi connectivity index (χ2n) is 6.64. The van der Waals surface area contributed by atoms with E-state index in [1.165, 1.54) is 0 Å². The zero-order valence-corrected chi connectivity index (χ0v) is 13.9. The third-order valence-electron chi connectivity index (χ3n) is 4.97. The number of aromatic nitrogens is 1. The van der Waals surface area contributed by atoms with Crippen LogP contribution >= 0.6 is 0 Å². The minimum Gasteiger partial charge on any atom is -0.378 e. The van der Waals surface area contributed by atoms with Crippen LogP contribution in [0.3, 0.4) is 0 Å². The van der Waals surface area contributed by atoms with Crippen LogP contribution in [0.2, 0.25) is 0 Å². The molecular weight excluding hydrogens is 304 g/mol. The second kappa shape index (κ2) is 6.15. The first-order valence-corrected chi connectivity index (χ1v) is 8.59. The first kappa shape index (κ1) is 15.5. The maximum Gasteiger partial charge on any atom is 0.254 e. The van der Waals surface area contributed by atoms with Crippen molar-refractivity contribution in [1.82, 2.24) is 9.88 Å². The van der Waals surface area contributed by atoms with Crippen LogP contribution in [0.1, 0.15) is 30.1 Å². The molecule has 1 amide bonds. The number of carbonyl (C=O) groups is 1. The van der Waals surface area contributed by atoms with Gasteiger partial charge in [0.25, 0.3) is 5.91 Å². The van der Waals surface area contributed by atoms with Gasteiger partial charge in [0.15, 0.2) is 0 Å². The molecule has 5 nitrogen and oxygen atoms in total. The number of amides is 1. The van der Waals surface area contributed by atoms with E-state index in [1.54, 1.807) is 12.3 Å². The highest BCUT2D eigenvalue weighted by Crippen LogP contribution is 2.36. The molecule has 1 atom stereocenters. The summed E-state index contributed by atoms with van der Waals surface area (Å²) in [6.07, 6.45) is 3.77. The fourth-order valence-corrected chi connectivity index (χ4v) is 3.83. The minimum atomic E-state index is -0.212. The van der Waals surface area contributed by atoms with Gasteiger partial charge in [0, 0.05) is 31.2 Å². The number of fused-ring (bicyclic) bond motifs is 1. The van der Waals surface area contributed by atoms with Gasteiger partial charge in [0.1, 0.15) is 5.60 Å². The first-order valence-electron chi connectivity index (χ1n) is 8.59. The van der Waals surface area contributed by atoms with Crippen molar-refractivity contribution < 1.29 is 14.3 Å². The Hall–Kier alpha value is -1.98. The van der Waals surface area contributed by atoms with Gasteiger partial charge in [-0.1, -0.05) is 18.2 Å². The van der Waals surface area contributed by atoms with Crippen LogP contribution in [0.25, 0.3) is 10.9 Å². The Balaban J connectivity index is 1.49. The third-order valence-corrected chi connectivity index (χ3v) is 4.97. The maximum absolute atomic E-state index is 12.9. The molecule has 126 valence electrons. The van der Waals surface area contributed by atoms with Crippen LogP contribution in [0.15, 0.2) is 36.5 Å². The molecule has 3 heterocycles. The second-order valence-corrected chi connectivity index (χ2v) is 6.64. The number of ether oxygens (including phenoxy) is 2. The van der Waals surface area contributed by atoms with E-state index in [-0.39, 0.29) is 17.6 Å². The number of hydrogen-bond donors (Lipinski definition) is 0. The molecule has 4 rings (SSSR count). The number of benzene rings is 1. The summed E-state index contributed by atoms with van der Waals surface area (Å²) in [6, 6.07) is 9.57. The summed E-state index contributed by atoms with van der Waals surface area (Å²) in [7, 11) is 0. The smallest absolute Gasteiger partial charge is 0.254 e. The Morgan fingerprint density at radius 1 is 1.38 bits per heavy atom. The lowest BCUT2D eigenvalue weighted by Crippen LogP contribution is -2.67. The number of likely N-dealkylation sites (tertiary alicyclic amines) is 1. The molecule has 2 fully saturated rings. The normalized spacial score (nSPS) is 22.5. The fraction of sp³-hybridized carbons (Fsp3) is 0.474. The van der Waals surface area contributed by atoms with Crippen molar-refractivity contribution in [3.05, 3.63) is 42.1 Å². The highest BCUT2D eigenvalue weighted by atomic mass is 16.5. The van der Waals surface area contributed by atoms with Crippen molar-refractivity contribution in [1.29, 1.82) is 0 Å². The number of hydrogen-bond acceptors (Lipinski definition) is 4. The summed E-state index contributed by atoms with van der Waals surface area (Å²) >= 11 is 0. The van der Waals surface area contributed by atoms with Crippen molar-refractivity contribution in [3.63, 3.8) is 0 Å². The Kier molecular flexibility index (Phi) is 3.98. The summed E-state index contributed by atoms with van der Waals surface area (Å²) in [4.78, 5) is 19.1. The fourth-order valence-electron chi connectivity index (χ4n) is 3.83. The number of rotatable bonds is 3. The Labute approximate surface area is 141 Å². The van der Waals surface area contributed by atoms with Crippen LogP contribution in [-0.4, -0.2) is 53.8 Å². The highest BCUT2D eigenvalue weighted by molar-refractivity contribution is 6.06. The molecule has 0 saturated carbocycles. The van der Waals surface area contributed by atoms with E-state index in [1.807, 2.05) is 36.1 Å². The summed E-state index contributed by atoms with van der Waals surface area (Å²) < 4.78 is 11.8. The minimum absolute atomic E-state index is 0.0568. The maximum atomic E-state index is 12.9. The summed E-state index contributed by atoms with van der Waals surface area (Å²) in [5.41, 5.74) is 1.35. The van der Waals surface area contributed by atoms with Crippen molar-refractivity contribution in [2.24, 2.45) is 0 Å². The summed E-state index contributed by atoms with van der Waals surface area (Å²) in [5.74, 6) is 0.0568. The zero-order valence-electron chi connectivity index (χ0n) is 13.9. The SMILES string of the molecule is CCO[C@@H]1CCOC2(C1)CN(C(=O)c1ccnc3ccccc13)C2. The van der Waals surface area contributed by atoms with Crippen LogP contribution < -0.4 is 0 Å². The van der Waals surface area contributed by atoms with E-state index in [0.717, 1.165) is 30.4 Å². The van der Waals surface area contributed by atoms with Crippen molar-refractivity contribution in [3.8, 4) is 0 Å². The van der Waals surface area contributed by atoms with Gasteiger partial charge in [-0.15, -0.1) is 0 Å². The van der Waals surface area contributed by atoms with Crippen molar-refractivity contribution in [2.45, 2.75) is 31.5 Å². The zero-order chi connectivity index (χ0) is 16.6. The molecule has 1 aromatic carbocycles. The van der Waals surface area contributed by atoms with E-state index in [2.05, 4.69) is 4.98 Å². The van der Waals surface area contributed by atoms with E-state index >= 15 is 0 Å². The molecule has 1 aromatic heterocycles. The molecule has 0 aliphatic carbocycles. The molecular formula is C19H22N2O3. The number of carbonyl (C=O) groups excluding carboxylic acids is 1. The van der Waals surface area contributed by atoms with Gasteiger partial charge < -0.3 is 14.4 Å². The van der Waals surface area contributed by atoms with Gasteiger partial charge in [-0.3, -0.25) is 9.78 Å². The lowest BCUT2D eigenvalue weighted by Gasteiger charge is -2.53. The van der Waals surface area contributed by atoms with Crippen LogP contribution in [0, 0.1) is 0 Å². The largest absolute Gasteiger partial charge is 0.378 e. The standard InChI is InChI=1S/C19H22N2O3/c1-2-23-14-8-10-24-19(11-14)12-21(13-19)18(22)16-7-9-20-17-6-4-3-5-15(16)17/h3-7,9,14H,2,8,10-13H2,1H3/t14-/m1/s1. The topological polar surface area (TPSA) is 51.7 Å². The van der Waals surface area contributed by atoms with Gasteiger partial charge in [-0.05, 0) is 25.5 Å². The van der Waals surface area contributed by atoms with Gasteiger partial charge in [0.2, 0.25) is 0 Å². The van der Waals surface area contributed by atoms with Gasteiger partial charge in [-0.25, -0.2) is 0 Å². The summed E-state index contributed by atoms with van der Waals surface area (Å²) in [5, 5.41) is 0.905. The molecule has 0 N–H and O–H groups in total. The van der Waals surface area contributed by atoms with E-state index in [9.17, 15) is 4.79 Å². The average molecular weight is 326 g/mol. The molecule has 2 aliphatic rings. The number of para-hydroxylation sites is 1. The quantitative estimate of drug-likeness (QED) is 0.870. The lowest BCUT2D eigenvalue weighted by atomic mass is 9.84. The van der Waals surface area contributed by atoms with Crippen molar-refractivity contribution in [2.75, 3.05) is 26.3 Å². The lowest BCUT2D eigenvalue weighted by molar-refractivity contribution is -0.185. The molecule has 1 spiro atoms. The summed E-state index contributed by atoms with van der Waals surface area (Å²) in [6.45, 7) is 4.75. The van der Waals surface area contributed by atoms with Gasteiger partial charge in [-0.2, -0.15) is 0 Å². The molecule has 0 radical (unpaired) electrons. The predicted molar refractivity (Wildman–Crippen MR) is 91.0 cm³/mol. The molecule has 5 heteroatoms. The van der Waals surface area contributed by atoms with E-state index in [4.69, 9.17) is 9.47 Å². The third kappa shape index (κ3) is 2.68. The average Bonchev–Trinajstić information content (AvgIpc) is 2.59. The Morgan fingerprint density at radius 2 is 2.21 bits per heavy atom. The molecule has 2 saturated heterocycles. The van der Waals surface area contributed by atoms with Gasteiger partial charge in [0.05, 0.1) is 30.3 Å². The van der Waals surface area contributed by atoms with Crippen LogP contribution in [0.5, 0.6) is 0 Å². The highest BCUT2D eigenvalue weighted by Gasteiger charge is 2.49. The molecule has 0 bridgehead atoms.